The Morgan fingerprint density at radius 1 is 0.976 bits per heavy atom. The number of hydrogen-bond donors (Lipinski definition) is 1. The van der Waals surface area contributed by atoms with Gasteiger partial charge in [0.15, 0.2) is 0 Å². The first-order valence-corrected chi connectivity index (χ1v) is 15.6. The smallest absolute Gasteiger partial charge is 0.264 e. The van der Waals surface area contributed by atoms with Crippen LogP contribution in [0.15, 0.2) is 71.6 Å². The molecule has 0 saturated heterocycles. The molecular weight excluding hydrogens is 604 g/mol. The van der Waals surface area contributed by atoms with Gasteiger partial charge in [0, 0.05) is 22.6 Å². The van der Waals surface area contributed by atoms with Crippen molar-refractivity contribution in [2.75, 3.05) is 17.5 Å². The molecular formula is C30H34Cl2FN3O5S. The number of hydrogen-bond acceptors (Lipinski definition) is 5. The lowest BCUT2D eigenvalue weighted by Crippen LogP contribution is -2.52. The van der Waals surface area contributed by atoms with E-state index in [0.717, 1.165) is 16.4 Å². The molecule has 8 nitrogen and oxygen atoms in total. The van der Waals surface area contributed by atoms with E-state index in [-0.39, 0.29) is 28.2 Å². The van der Waals surface area contributed by atoms with E-state index in [9.17, 15) is 22.4 Å². The molecule has 12 heteroatoms. The zero-order valence-corrected chi connectivity index (χ0v) is 26.1. The highest BCUT2D eigenvalue weighted by Crippen LogP contribution is 2.27. The van der Waals surface area contributed by atoms with Crippen LogP contribution in [0, 0.1) is 5.82 Å². The summed E-state index contributed by atoms with van der Waals surface area (Å²) in [4.78, 5) is 28.3. The number of benzene rings is 3. The van der Waals surface area contributed by atoms with E-state index in [4.69, 9.17) is 27.9 Å². The number of nitrogens with zero attached hydrogens (tertiary/aromatic N) is 2. The van der Waals surface area contributed by atoms with E-state index in [2.05, 4.69) is 5.32 Å². The maximum atomic E-state index is 14.0. The van der Waals surface area contributed by atoms with Crippen LogP contribution in [-0.2, 0) is 26.2 Å². The standard InChI is InChI=1S/C30H34Cl2FN3O5S/c1-5-20(3)34-30(38)21(4)35(18-22-7-8-23(31)17-28(22)32)29(37)19-36(25-11-9-24(33)10-12-25)42(39,40)27-15-13-26(14-16-27)41-6-2/h7-17,20-21H,5-6,18-19H2,1-4H3,(H,34,38)/t20-,21-/m0/s1. The van der Waals surface area contributed by atoms with Crippen LogP contribution in [-0.4, -0.2) is 50.4 Å². The molecule has 0 aromatic heterocycles. The average molecular weight is 639 g/mol. The van der Waals surface area contributed by atoms with Gasteiger partial charge in [-0.15, -0.1) is 0 Å². The highest BCUT2D eigenvalue weighted by molar-refractivity contribution is 7.92. The van der Waals surface area contributed by atoms with Gasteiger partial charge in [-0.25, -0.2) is 12.8 Å². The second-order valence-electron chi connectivity index (χ2n) is 9.64. The third kappa shape index (κ3) is 8.36. The van der Waals surface area contributed by atoms with Crippen molar-refractivity contribution in [3.05, 3.63) is 88.2 Å². The summed E-state index contributed by atoms with van der Waals surface area (Å²) in [7, 11) is -4.32. The predicted molar refractivity (Wildman–Crippen MR) is 163 cm³/mol. The Balaban J connectivity index is 2.04. The lowest BCUT2D eigenvalue weighted by Gasteiger charge is -2.32. The number of carbonyl (C=O) groups excluding carboxylic acids is 2. The van der Waals surface area contributed by atoms with Gasteiger partial charge in [-0.3, -0.25) is 13.9 Å². The summed E-state index contributed by atoms with van der Waals surface area (Å²) >= 11 is 12.4. The largest absolute Gasteiger partial charge is 0.494 e. The molecule has 0 radical (unpaired) electrons. The average Bonchev–Trinajstić information content (AvgIpc) is 2.96. The number of rotatable bonds is 13. The molecule has 0 aliphatic heterocycles. The zero-order chi connectivity index (χ0) is 31.0. The van der Waals surface area contributed by atoms with Crippen LogP contribution in [0.4, 0.5) is 10.1 Å². The van der Waals surface area contributed by atoms with E-state index in [1.165, 1.54) is 47.4 Å². The summed E-state index contributed by atoms with van der Waals surface area (Å²) in [6, 6.07) is 14.2. The van der Waals surface area contributed by atoms with E-state index in [1.807, 2.05) is 13.8 Å². The van der Waals surface area contributed by atoms with Crippen LogP contribution < -0.4 is 14.4 Å². The summed E-state index contributed by atoms with van der Waals surface area (Å²) in [5.74, 6) is -1.18. The number of ether oxygens (including phenoxy) is 1. The fraction of sp³-hybridized carbons (Fsp3) is 0.333. The maximum Gasteiger partial charge on any atom is 0.264 e. The molecule has 3 aromatic rings. The molecule has 1 N–H and O–H groups in total. The third-order valence-electron chi connectivity index (χ3n) is 6.64. The molecule has 0 heterocycles. The van der Waals surface area contributed by atoms with Gasteiger partial charge >= 0.3 is 0 Å². The molecule has 3 aromatic carbocycles. The number of sulfonamides is 1. The van der Waals surface area contributed by atoms with Crippen LogP contribution in [0.25, 0.3) is 0 Å². The van der Waals surface area contributed by atoms with Crippen molar-refractivity contribution in [1.82, 2.24) is 10.2 Å². The van der Waals surface area contributed by atoms with Crippen molar-refractivity contribution in [2.45, 2.75) is 57.6 Å². The van der Waals surface area contributed by atoms with Gasteiger partial charge in [0.25, 0.3) is 10.0 Å². The summed E-state index contributed by atoms with van der Waals surface area (Å²) in [6.45, 7) is 6.75. The quantitative estimate of drug-likeness (QED) is 0.246. The monoisotopic (exact) mass is 637 g/mol. The SMILES string of the molecule is CCOc1ccc(S(=O)(=O)N(CC(=O)N(Cc2ccc(Cl)cc2Cl)[C@@H](C)C(=O)N[C@@H](C)CC)c2ccc(F)cc2)cc1. The Labute approximate surface area is 256 Å². The van der Waals surface area contributed by atoms with E-state index in [1.54, 1.807) is 26.0 Å². The molecule has 2 amide bonds. The minimum Gasteiger partial charge on any atom is -0.494 e. The molecule has 3 rings (SSSR count). The summed E-state index contributed by atoms with van der Waals surface area (Å²) in [6.07, 6.45) is 0.675. The summed E-state index contributed by atoms with van der Waals surface area (Å²) in [5, 5.41) is 3.55. The Kier molecular flexibility index (Phi) is 11.6. The van der Waals surface area contributed by atoms with Crippen molar-refractivity contribution in [1.29, 1.82) is 0 Å². The highest BCUT2D eigenvalue weighted by Gasteiger charge is 2.33. The first kappa shape index (κ1) is 33.2. The van der Waals surface area contributed by atoms with E-state index in [0.29, 0.717) is 29.4 Å². The Morgan fingerprint density at radius 3 is 2.19 bits per heavy atom. The van der Waals surface area contributed by atoms with Crippen molar-refractivity contribution < 1.29 is 27.1 Å². The number of nitrogens with one attached hydrogen (secondary N) is 1. The van der Waals surface area contributed by atoms with Gasteiger partial charge < -0.3 is 15.0 Å². The van der Waals surface area contributed by atoms with Crippen LogP contribution >= 0.6 is 23.2 Å². The predicted octanol–water partition coefficient (Wildman–Crippen LogP) is 6.06. The van der Waals surface area contributed by atoms with Crippen LogP contribution in [0.1, 0.15) is 39.7 Å². The summed E-state index contributed by atoms with van der Waals surface area (Å²) < 4.78 is 47.9. The molecule has 42 heavy (non-hydrogen) atoms. The van der Waals surface area contributed by atoms with Gasteiger partial charge in [0.2, 0.25) is 11.8 Å². The van der Waals surface area contributed by atoms with Crippen molar-refractivity contribution in [3.8, 4) is 5.75 Å². The van der Waals surface area contributed by atoms with Crippen molar-refractivity contribution in [2.24, 2.45) is 0 Å². The first-order chi connectivity index (χ1) is 19.9. The number of anilines is 1. The van der Waals surface area contributed by atoms with Gasteiger partial charge in [0.05, 0.1) is 17.2 Å². The number of halogens is 3. The fourth-order valence-electron chi connectivity index (χ4n) is 4.02. The second-order valence-corrected chi connectivity index (χ2v) is 12.3. The van der Waals surface area contributed by atoms with Gasteiger partial charge in [0.1, 0.15) is 24.2 Å². The molecule has 0 fully saturated rings. The maximum absolute atomic E-state index is 14.0. The molecule has 2 atom stereocenters. The fourth-order valence-corrected chi connectivity index (χ4v) is 5.90. The van der Waals surface area contributed by atoms with Gasteiger partial charge in [-0.1, -0.05) is 36.2 Å². The molecule has 0 saturated carbocycles. The topological polar surface area (TPSA) is 96.0 Å². The van der Waals surface area contributed by atoms with Crippen LogP contribution in [0.5, 0.6) is 5.75 Å². The number of amides is 2. The Morgan fingerprint density at radius 2 is 1.62 bits per heavy atom. The van der Waals surface area contributed by atoms with E-state index >= 15 is 0 Å². The Bertz CT molecular complexity index is 1490. The molecule has 0 aliphatic rings. The number of carbonyl (C=O) groups is 2. The molecule has 226 valence electrons. The van der Waals surface area contributed by atoms with Gasteiger partial charge in [-0.2, -0.15) is 0 Å². The molecule has 0 aliphatic carbocycles. The van der Waals surface area contributed by atoms with Crippen LogP contribution in [0.3, 0.4) is 0 Å². The molecule has 0 spiro atoms. The van der Waals surface area contributed by atoms with E-state index < -0.39 is 40.2 Å². The highest BCUT2D eigenvalue weighted by atomic mass is 35.5. The lowest BCUT2D eigenvalue weighted by molar-refractivity contribution is -0.139. The molecule has 0 bridgehead atoms. The minimum absolute atomic E-state index is 0.0693. The zero-order valence-electron chi connectivity index (χ0n) is 23.8. The van der Waals surface area contributed by atoms with Crippen molar-refractivity contribution >= 4 is 50.7 Å². The minimum atomic E-state index is -4.32. The van der Waals surface area contributed by atoms with Gasteiger partial charge in [-0.05, 0) is 93.4 Å². The Hall–Kier alpha value is -3.34. The normalized spacial score (nSPS) is 12.7. The lowest BCUT2D eigenvalue weighted by atomic mass is 10.1. The summed E-state index contributed by atoms with van der Waals surface area (Å²) in [5.41, 5.74) is 0.583. The molecule has 0 unspecified atom stereocenters. The van der Waals surface area contributed by atoms with Crippen LogP contribution in [0.2, 0.25) is 10.0 Å². The first-order valence-electron chi connectivity index (χ1n) is 13.4. The van der Waals surface area contributed by atoms with Crippen molar-refractivity contribution in [3.63, 3.8) is 0 Å². The second kappa shape index (κ2) is 14.7. The third-order valence-corrected chi connectivity index (χ3v) is 9.02.